The third kappa shape index (κ3) is 5.33. The van der Waals surface area contributed by atoms with Gasteiger partial charge in [-0.05, 0) is 23.3 Å². The smallest absolute Gasteiger partial charge is 0.182 e. The van der Waals surface area contributed by atoms with E-state index < -0.39 is 0 Å². The minimum absolute atomic E-state index is 0.0680. The Hall–Kier alpha value is -2.87. The fraction of sp³-hybridized carbons (Fsp3) is 0. The summed E-state index contributed by atoms with van der Waals surface area (Å²) in [5.41, 5.74) is 1.91. The van der Waals surface area contributed by atoms with Gasteiger partial charge < -0.3 is 5.11 Å². The van der Waals surface area contributed by atoms with E-state index in [0.29, 0.717) is 0 Å². The van der Waals surface area contributed by atoms with Gasteiger partial charge in [-0.25, -0.2) is 0 Å². The number of aliphatic hydroxyl groups excluding tert-OH is 1. The van der Waals surface area contributed by atoms with Gasteiger partial charge in [0.05, 0.1) is 0 Å². The monoisotopic (exact) mass is 276 g/mol. The van der Waals surface area contributed by atoms with Crippen molar-refractivity contribution in [3.05, 3.63) is 95.8 Å². The summed E-state index contributed by atoms with van der Waals surface area (Å²) in [7, 11) is 0. The van der Waals surface area contributed by atoms with Gasteiger partial charge in [-0.2, -0.15) is 0 Å². The molecule has 1 N–H and O–H groups in total. The number of carbonyl (C=O) groups excluding carboxylic acids is 1. The first-order valence-corrected chi connectivity index (χ1v) is 6.65. The molecule has 0 aliphatic heterocycles. The average molecular weight is 276 g/mol. The molecule has 0 bridgehead atoms. The van der Waals surface area contributed by atoms with Gasteiger partial charge in [0.15, 0.2) is 5.78 Å². The maximum Gasteiger partial charge on any atom is 0.182 e. The highest BCUT2D eigenvalue weighted by Gasteiger charge is 1.94. The Bertz CT molecular complexity index is 665. The van der Waals surface area contributed by atoms with Crippen molar-refractivity contribution in [3.8, 4) is 0 Å². The number of ketones is 1. The molecule has 0 heterocycles. The fourth-order valence-electron chi connectivity index (χ4n) is 1.73. The molecular weight excluding hydrogens is 260 g/mol. The first-order valence-electron chi connectivity index (χ1n) is 6.65. The average Bonchev–Trinajstić information content (AvgIpc) is 2.53. The van der Waals surface area contributed by atoms with Gasteiger partial charge in [-0.15, -0.1) is 0 Å². The van der Waals surface area contributed by atoms with Crippen molar-refractivity contribution >= 4 is 17.9 Å². The Morgan fingerprint density at radius 2 is 1.24 bits per heavy atom. The number of hydrogen-bond donors (Lipinski definition) is 1. The summed E-state index contributed by atoms with van der Waals surface area (Å²) in [6.45, 7) is 0. The van der Waals surface area contributed by atoms with Crippen molar-refractivity contribution < 1.29 is 9.90 Å². The molecule has 0 aromatic heterocycles. The SMILES string of the molecule is O=C(/C=C/c1ccccc1)/C=C(O)\C=C\c1ccccc1. The molecule has 2 aromatic rings. The number of aliphatic hydroxyl groups is 1. The summed E-state index contributed by atoms with van der Waals surface area (Å²) >= 11 is 0. The van der Waals surface area contributed by atoms with E-state index in [1.54, 1.807) is 12.2 Å². The van der Waals surface area contributed by atoms with Crippen LogP contribution in [0.15, 0.2) is 84.7 Å². The van der Waals surface area contributed by atoms with Gasteiger partial charge in [0.1, 0.15) is 5.76 Å². The van der Waals surface area contributed by atoms with Gasteiger partial charge >= 0.3 is 0 Å². The molecule has 21 heavy (non-hydrogen) atoms. The molecule has 0 spiro atoms. The maximum atomic E-state index is 11.7. The first kappa shape index (κ1) is 14.5. The molecular formula is C19H16O2. The predicted molar refractivity (Wildman–Crippen MR) is 86.7 cm³/mol. The molecule has 2 aromatic carbocycles. The van der Waals surface area contributed by atoms with Crippen LogP contribution in [0.5, 0.6) is 0 Å². The topological polar surface area (TPSA) is 37.3 Å². The van der Waals surface area contributed by atoms with Crippen molar-refractivity contribution in [1.82, 2.24) is 0 Å². The summed E-state index contributed by atoms with van der Waals surface area (Å²) in [6.07, 6.45) is 7.59. The van der Waals surface area contributed by atoms with Crippen molar-refractivity contribution in [2.75, 3.05) is 0 Å². The standard InChI is InChI=1S/C19H16O2/c20-18(13-11-16-7-3-1-4-8-16)15-19(21)14-12-17-9-5-2-6-10-17/h1-15,20H/b13-11+,14-12+,18-15+. The summed E-state index contributed by atoms with van der Waals surface area (Å²) in [6, 6.07) is 19.1. The lowest BCUT2D eigenvalue weighted by Crippen LogP contribution is -1.88. The van der Waals surface area contributed by atoms with Gasteiger partial charge in [0.2, 0.25) is 0 Å². The lowest BCUT2D eigenvalue weighted by atomic mass is 10.2. The third-order valence-electron chi connectivity index (χ3n) is 2.78. The number of carbonyl (C=O) groups is 1. The second kappa shape index (κ2) is 7.65. The van der Waals surface area contributed by atoms with Crippen LogP contribution in [0.25, 0.3) is 12.2 Å². The van der Waals surface area contributed by atoms with Crippen LogP contribution < -0.4 is 0 Å². The molecule has 2 heteroatoms. The van der Waals surface area contributed by atoms with Gasteiger partial charge in [-0.3, -0.25) is 4.79 Å². The van der Waals surface area contributed by atoms with Crippen molar-refractivity contribution in [2.24, 2.45) is 0 Å². The van der Waals surface area contributed by atoms with Gasteiger partial charge in [-0.1, -0.05) is 72.8 Å². The molecule has 0 aliphatic rings. The van der Waals surface area contributed by atoms with Crippen LogP contribution in [0.2, 0.25) is 0 Å². The summed E-state index contributed by atoms with van der Waals surface area (Å²) in [5.74, 6) is -0.323. The second-order valence-corrected chi connectivity index (χ2v) is 4.46. The first-order chi connectivity index (χ1) is 10.2. The molecule has 2 rings (SSSR count). The summed E-state index contributed by atoms with van der Waals surface area (Å²) in [4.78, 5) is 11.7. The van der Waals surface area contributed by atoms with Crippen LogP contribution in [0.3, 0.4) is 0 Å². The normalized spacial score (nSPS) is 12.1. The van der Waals surface area contributed by atoms with Crippen molar-refractivity contribution in [1.29, 1.82) is 0 Å². The van der Waals surface area contributed by atoms with Crippen LogP contribution in [-0.4, -0.2) is 10.9 Å². The van der Waals surface area contributed by atoms with Crippen LogP contribution in [0, 0.1) is 0 Å². The number of rotatable bonds is 5. The van der Waals surface area contributed by atoms with Crippen LogP contribution in [0.4, 0.5) is 0 Å². The van der Waals surface area contributed by atoms with Gasteiger partial charge in [0, 0.05) is 6.08 Å². The largest absolute Gasteiger partial charge is 0.508 e. The molecule has 0 saturated heterocycles. The Balaban J connectivity index is 1.97. The van der Waals surface area contributed by atoms with E-state index in [0.717, 1.165) is 11.1 Å². The van der Waals surface area contributed by atoms with Crippen LogP contribution in [0.1, 0.15) is 11.1 Å². The highest BCUT2D eigenvalue weighted by atomic mass is 16.3. The van der Waals surface area contributed by atoms with E-state index in [1.807, 2.05) is 60.7 Å². The van der Waals surface area contributed by atoms with Gasteiger partial charge in [0.25, 0.3) is 0 Å². The minimum atomic E-state index is -0.255. The molecule has 0 fully saturated rings. The highest BCUT2D eigenvalue weighted by Crippen LogP contribution is 2.05. The highest BCUT2D eigenvalue weighted by molar-refractivity contribution is 6.02. The predicted octanol–water partition coefficient (Wildman–Crippen LogP) is 4.42. The molecule has 2 nitrogen and oxygen atoms in total. The van der Waals surface area contributed by atoms with E-state index in [1.165, 1.54) is 18.2 Å². The number of benzene rings is 2. The quantitative estimate of drug-likeness (QED) is 0.498. The maximum absolute atomic E-state index is 11.7. The lowest BCUT2D eigenvalue weighted by molar-refractivity contribution is -0.110. The molecule has 104 valence electrons. The van der Waals surface area contributed by atoms with E-state index in [4.69, 9.17) is 0 Å². The van der Waals surface area contributed by atoms with Crippen molar-refractivity contribution in [3.63, 3.8) is 0 Å². The van der Waals surface area contributed by atoms with E-state index in [-0.39, 0.29) is 11.5 Å². The van der Waals surface area contributed by atoms with Crippen molar-refractivity contribution in [2.45, 2.75) is 0 Å². The number of hydrogen-bond acceptors (Lipinski definition) is 2. The zero-order valence-corrected chi connectivity index (χ0v) is 11.5. The summed E-state index contributed by atoms with van der Waals surface area (Å²) in [5, 5.41) is 9.70. The lowest BCUT2D eigenvalue weighted by Gasteiger charge is -1.93. The molecule has 0 unspecified atom stereocenters. The zero-order chi connectivity index (χ0) is 14.9. The minimum Gasteiger partial charge on any atom is -0.508 e. The van der Waals surface area contributed by atoms with E-state index in [9.17, 15) is 9.90 Å². The third-order valence-corrected chi connectivity index (χ3v) is 2.78. The Kier molecular flexibility index (Phi) is 5.30. The molecule has 0 aliphatic carbocycles. The Labute approximate surface area is 124 Å². The van der Waals surface area contributed by atoms with Crippen LogP contribution >= 0.6 is 0 Å². The van der Waals surface area contributed by atoms with E-state index in [2.05, 4.69) is 0 Å². The van der Waals surface area contributed by atoms with E-state index >= 15 is 0 Å². The number of allylic oxidation sites excluding steroid dienone is 3. The Morgan fingerprint density at radius 3 is 1.76 bits per heavy atom. The molecule has 0 atom stereocenters. The molecule has 0 amide bonds. The van der Waals surface area contributed by atoms with Crippen LogP contribution in [-0.2, 0) is 4.79 Å². The fourth-order valence-corrected chi connectivity index (χ4v) is 1.73. The second-order valence-electron chi connectivity index (χ2n) is 4.46. The Morgan fingerprint density at radius 1 is 0.762 bits per heavy atom. The summed E-state index contributed by atoms with van der Waals surface area (Å²) < 4.78 is 0. The molecule has 0 radical (unpaired) electrons. The zero-order valence-electron chi connectivity index (χ0n) is 11.5. The molecule has 0 saturated carbocycles.